The van der Waals surface area contributed by atoms with E-state index in [1.165, 1.54) is 11.3 Å². The summed E-state index contributed by atoms with van der Waals surface area (Å²) >= 11 is 9.02. The van der Waals surface area contributed by atoms with E-state index in [4.69, 9.17) is 21.1 Å². The quantitative estimate of drug-likeness (QED) is 0.191. The van der Waals surface area contributed by atoms with Crippen LogP contribution in [0.5, 0.6) is 0 Å². The third kappa shape index (κ3) is 5.21. The predicted molar refractivity (Wildman–Crippen MR) is 136 cm³/mol. The van der Waals surface area contributed by atoms with Gasteiger partial charge in [-0.3, -0.25) is 9.69 Å². The molecular formula is C25H22ClN3O2S2. The van der Waals surface area contributed by atoms with Crippen LogP contribution in [0.4, 0.5) is 5.13 Å². The van der Waals surface area contributed by atoms with Crippen molar-refractivity contribution in [3.63, 3.8) is 0 Å². The molecule has 4 aromatic rings. The molecule has 0 unspecified atom stereocenters. The number of anilines is 1. The van der Waals surface area contributed by atoms with Gasteiger partial charge in [0.05, 0.1) is 17.0 Å². The Kier molecular flexibility index (Phi) is 7.33. The SMILES string of the molecule is C=CCN(C(=O)c1ccccc1SCc1c(C)noc1C)c1nc(-c2ccc(Cl)cc2)cs1. The fraction of sp³-hybridized carbons (Fsp3) is 0.160. The lowest BCUT2D eigenvalue weighted by Crippen LogP contribution is -2.31. The molecule has 0 bridgehead atoms. The highest BCUT2D eigenvalue weighted by Gasteiger charge is 2.23. The van der Waals surface area contributed by atoms with Crippen molar-refractivity contribution < 1.29 is 9.32 Å². The van der Waals surface area contributed by atoms with Crippen LogP contribution in [0, 0.1) is 13.8 Å². The number of halogens is 1. The molecule has 168 valence electrons. The molecule has 0 saturated heterocycles. The summed E-state index contributed by atoms with van der Waals surface area (Å²) in [5.74, 6) is 1.36. The van der Waals surface area contributed by atoms with Gasteiger partial charge in [0.25, 0.3) is 5.91 Å². The van der Waals surface area contributed by atoms with E-state index in [0.717, 1.165) is 33.2 Å². The zero-order valence-corrected chi connectivity index (χ0v) is 20.6. The lowest BCUT2D eigenvalue weighted by Gasteiger charge is -2.19. The highest BCUT2D eigenvalue weighted by molar-refractivity contribution is 7.98. The molecule has 0 spiro atoms. The molecule has 4 rings (SSSR count). The van der Waals surface area contributed by atoms with E-state index in [1.807, 2.05) is 67.8 Å². The number of nitrogens with zero attached hydrogens (tertiary/aromatic N) is 3. The zero-order valence-electron chi connectivity index (χ0n) is 18.2. The van der Waals surface area contributed by atoms with Crippen molar-refractivity contribution in [1.29, 1.82) is 0 Å². The summed E-state index contributed by atoms with van der Waals surface area (Å²) in [5.41, 5.74) is 4.30. The van der Waals surface area contributed by atoms with Crippen molar-refractivity contribution in [3.8, 4) is 11.3 Å². The molecule has 0 radical (unpaired) electrons. The van der Waals surface area contributed by atoms with Crippen molar-refractivity contribution in [1.82, 2.24) is 10.1 Å². The van der Waals surface area contributed by atoms with E-state index in [9.17, 15) is 4.79 Å². The second kappa shape index (κ2) is 10.4. The molecule has 0 fully saturated rings. The maximum atomic E-state index is 13.6. The number of aromatic nitrogens is 2. The van der Waals surface area contributed by atoms with Crippen LogP contribution in [0.15, 0.2) is 76.0 Å². The minimum atomic E-state index is -0.117. The Morgan fingerprint density at radius 2 is 1.97 bits per heavy atom. The van der Waals surface area contributed by atoms with Crippen LogP contribution in [0.3, 0.4) is 0 Å². The number of hydrogen-bond acceptors (Lipinski definition) is 6. The van der Waals surface area contributed by atoms with Crippen LogP contribution >= 0.6 is 34.7 Å². The van der Waals surface area contributed by atoms with Gasteiger partial charge >= 0.3 is 0 Å². The molecule has 2 heterocycles. The summed E-state index contributed by atoms with van der Waals surface area (Å²) in [6.45, 7) is 8.02. The van der Waals surface area contributed by atoms with Crippen molar-refractivity contribution in [2.24, 2.45) is 0 Å². The molecule has 2 aromatic heterocycles. The summed E-state index contributed by atoms with van der Waals surface area (Å²) in [4.78, 5) is 20.9. The number of carbonyl (C=O) groups excluding carboxylic acids is 1. The topological polar surface area (TPSA) is 59.2 Å². The molecule has 0 aliphatic carbocycles. The lowest BCUT2D eigenvalue weighted by atomic mass is 10.2. The molecule has 0 aliphatic rings. The van der Waals surface area contributed by atoms with Crippen LogP contribution in [-0.2, 0) is 5.75 Å². The van der Waals surface area contributed by atoms with Crippen LogP contribution in [-0.4, -0.2) is 22.6 Å². The van der Waals surface area contributed by atoms with Gasteiger partial charge in [-0.1, -0.05) is 47.1 Å². The smallest absolute Gasteiger partial charge is 0.261 e. The molecule has 0 aliphatic heterocycles. The molecule has 2 aromatic carbocycles. The van der Waals surface area contributed by atoms with Crippen molar-refractivity contribution in [2.45, 2.75) is 24.5 Å². The number of aryl methyl sites for hydroxylation is 2. The summed E-state index contributed by atoms with van der Waals surface area (Å²) < 4.78 is 5.27. The van der Waals surface area contributed by atoms with Crippen molar-refractivity contribution in [2.75, 3.05) is 11.4 Å². The summed E-state index contributed by atoms with van der Waals surface area (Å²) in [7, 11) is 0. The number of carbonyl (C=O) groups is 1. The van der Waals surface area contributed by atoms with Gasteiger partial charge in [0.1, 0.15) is 5.76 Å². The maximum absolute atomic E-state index is 13.6. The first-order valence-corrected chi connectivity index (χ1v) is 12.5. The van der Waals surface area contributed by atoms with Gasteiger partial charge < -0.3 is 4.52 Å². The van der Waals surface area contributed by atoms with E-state index < -0.39 is 0 Å². The molecular weight excluding hydrogens is 474 g/mol. The summed E-state index contributed by atoms with van der Waals surface area (Å²) in [6.07, 6.45) is 1.71. The van der Waals surface area contributed by atoms with Gasteiger partial charge in [-0.15, -0.1) is 29.7 Å². The van der Waals surface area contributed by atoms with Crippen LogP contribution in [0.25, 0.3) is 11.3 Å². The first-order valence-electron chi connectivity index (χ1n) is 10.3. The number of amides is 1. The largest absolute Gasteiger partial charge is 0.361 e. The lowest BCUT2D eigenvalue weighted by molar-refractivity contribution is 0.0987. The number of thioether (sulfide) groups is 1. The normalized spacial score (nSPS) is 10.9. The van der Waals surface area contributed by atoms with Crippen LogP contribution in [0.1, 0.15) is 27.4 Å². The molecule has 5 nitrogen and oxygen atoms in total. The first-order chi connectivity index (χ1) is 16.0. The Morgan fingerprint density at radius 3 is 2.67 bits per heavy atom. The minimum Gasteiger partial charge on any atom is -0.361 e. The molecule has 0 saturated carbocycles. The van der Waals surface area contributed by atoms with Gasteiger partial charge in [-0.2, -0.15) is 0 Å². The maximum Gasteiger partial charge on any atom is 0.261 e. The minimum absolute atomic E-state index is 0.117. The Bertz CT molecular complexity index is 1260. The highest BCUT2D eigenvalue weighted by Crippen LogP contribution is 2.32. The van der Waals surface area contributed by atoms with E-state index in [2.05, 4.69) is 11.7 Å². The molecule has 0 atom stereocenters. The fourth-order valence-corrected chi connectivity index (χ4v) is 5.46. The number of benzene rings is 2. The van der Waals surface area contributed by atoms with Gasteiger partial charge in [-0.25, -0.2) is 4.98 Å². The van der Waals surface area contributed by atoms with E-state index >= 15 is 0 Å². The third-order valence-corrected chi connectivity index (χ3v) is 7.31. The average molecular weight is 496 g/mol. The number of hydrogen-bond donors (Lipinski definition) is 0. The van der Waals surface area contributed by atoms with Crippen molar-refractivity contribution >= 4 is 45.7 Å². The van der Waals surface area contributed by atoms with Crippen LogP contribution in [0.2, 0.25) is 5.02 Å². The van der Waals surface area contributed by atoms with Gasteiger partial charge in [-0.05, 0) is 38.1 Å². The first kappa shape index (κ1) is 23.3. The summed E-state index contributed by atoms with van der Waals surface area (Å²) in [6, 6.07) is 15.1. The van der Waals surface area contributed by atoms with Gasteiger partial charge in [0.15, 0.2) is 5.13 Å². The molecule has 0 N–H and O–H groups in total. The van der Waals surface area contributed by atoms with Crippen LogP contribution < -0.4 is 4.90 Å². The average Bonchev–Trinajstić information content (AvgIpc) is 3.43. The number of thiazole rings is 1. The molecule has 1 amide bonds. The summed E-state index contributed by atoms with van der Waals surface area (Å²) in [5, 5.41) is 7.26. The van der Waals surface area contributed by atoms with E-state index in [0.29, 0.717) is 28.0 Å². The standard InChI is InChI=1S/C25H22ClN3O2S2/c1-4-13-29(25-27-22(15-33-25)18-9-11-19(26)12-10-18)24(30)20-7-5-6-8-23(20)32-14-21-16(2)28-31-17(21)3/h4-12,15H,1,13-14H2,2-3H3. The van der Waals surface area contributed by atoms with E-state index in [1.54, 1.807) is 22.7 Å². The Labute approximate surface area is 206 Å². The van der Waals surface area contributed by atoms with Gasteiger partial charge in [0, 0.05) is 38.7 Å². The number of rotatable bonds is 8. The van der Waals surface area contributed by atoms with Crippen molar-refractivity contribution in [3.05, 3.63) is 94.2 Å². The Morgan fingerprint density at radius 1 is 1.21 bits per heavy atom. The highest BCUT2D eigenvalue weighted by atomic mass is 35.5. The molecule has 33 heavy (non-hydrogen) atoms. The van der Waals surface area contributed by atoms with E-state index in [-0.39, 0.29) is 5.91 Å². The zero-order chi connectivity index (χ0) is 23.4. The predicted octanol–water partition coefficient (Wildman–Crippen LogP) is 7.19. The second-order valence-corrected chi connectivity index (χ2v) is 9.60. The van der Waals surface area contributed by atoms with Gasteiger partial charge in [0.2, 0.25) is 0 Å². The second-order valence-electron chi connectivity index (χ2n) is 7.31. The fourth-order valence-electron chi connectivity index (χ4n) is 3.29. The Hall–Kier alpha value is -2.87. The Balaban J connectivity index is 1.60. The monoisotopic (exact) mass is 495 g/mol. The molecule has 8 heteroatoms. The third-order valence-electron chi connectivity index (χ3n) is 5.09.